The van der Waals surface area contributed by atoms with Gasteiger partial charge in [-0.3, -0.25) is 0 Å². The van der Waals surface area contributed by atoms with E-state index in [4.69, 9.17) is 5.73 Å². The molecule has 0 saturated carbocycles. The molecule has 0 aliphatic rings. The minimum absolute atomic E-state index is 0.863. The molecule has 2 nitrogen and oxygen atoms in total. The standard InChI is InChI=1S/C10H12N2/c1-6-3-10-8(5-9(6)11)4-7(2)12-10/h3-5,12H,11H2,1-2H3. The molecule has 2 aromatic rings. The molecule has 0 radical (unpaired) electrons. The summed E-state index contributed by atoms with van der Waals surface area (Å²) in [5.41, 5.74) is 10.1. The molecule has 0 bridgehead atoms. The van der Waals surface area contributed by atoms with Gasteiger partial charge in [0.25, 0.3) is 0 Å². The molecular weight excluding hydrogens is 148 g/mol. The quantitative estimate of drug-likeness (QED) is 0.571. The average Bonchev–Trinajstić information content (AvgIpc) is 2.30. The summed E-state index contributed by atoms with van der Waals surface area (Å²) in [7, 11) is 0. The van der Waals surface area contributed by atoms with E-state index >= 15 is 0 Å². The van der Waals surface area contributed by atoms with E-state index < -0.39 is 0 Å². The van der Waals surface area contributed by atoms with Crippen LogP contribution in [0.2, 0.25) is 0 Å². The summed E-state index contributed by atoms with van der Waals surface area (Å²) in [6.45, 7) is 4.07. The number of rotatable bonds is 0. The van der Waals surface area contributed by atoms with Crippen LogP contribution in [0, 0.1) is 13.8 Å². The van der Waals surface area contributed by atoms with Gasteiger partial charge in [0, 0.05) is 22.3 Å². The molecule has 12 heavy (non-hydrogen) atoms. The maximum atomic E-state index is 5.78. The van der Waals surface area contributed by atoms with Crippen LogP contribution < -0.4 is 5.73 Å². The Hall–Kier alpha value is -1.44. The summed E-state index contributed by atoms with van der Waals surface area (Å²) in [4.78, 5) is 3.27. The lowest BCUT2D eigenvalue weighted by Gasteiger charge is -1.98. The van der Waals surface area contributed by atoms with Gasteiger partial charge in [-0.25, -0.2) is 0 Å². The second-order valence-electron chi connectivity index (χ2n) is 3.25. The highest BCUT2D eigenvalue weighted by molar-refractivity contribution is 5.84. The smallest absolute Gasteiger partial charge is 0.0460 e. The minimum Gasteiger partial charge on any atom is -0.398 e. The molecule has 1 aromatic carbocycles. The predicted molar refractivity (Wildman–Crippen MR) is 52.2 cm³/mol. The molecule has 0 fully saturated rings. The van der Waals surface area contributed by atoms with Crippen molar-refractivity contribution in [2.24, 2.45) is 0 Å². The van der Waals surface area contributed by atoms with Gasteiger partial charge in [-0.2, -0.15) is 0 Å². The van der Waals surface area contributed by atoms with Crippen molar-refractivity contribution in [3.63, 3.8) is 0 Å². The summed E-state index contributed by atoms with van der Waals surface area (Å²) in [6, 6.07) is 6.19. The zero-order chi connectivity index (χ0) is 8.72. The molecule has 62 valence electrons. The number of benzene rings is 1. The van der Waals surface area contributed by atoms with Crippen molar-refractivity contribution in [3.8, 4) is 0 Å². The molecular formula is C10H12N2. The van der Waals surface area contributed by atoms with Crippen LogP contribution in [0.5, 0.6) is 0 Å². The highest BCUT2D eigenvalue weighted by Crippen LogP contribution is 2.21. The summed E-state index contributed by atoms with van der Waals surface area (Å²) in [5, 5.41) is 1.19. The Balaban J connectivity index is 2.83. The Morgan fingerprint density at radius 3 is 2.67 bits per heavy atom. The van der Waals surface area contributed by atoms with Gasteiger partial charge < -0.3 is 10.7 Å². The number of aromatic amines is 1. The van der Waals surface area contributed by atoms with E-state index in [1.165, 1.54) is 16.6 Å². The number of aromatic nitrogens is 1. The number of nitrogens with one attached hydrogen (secondary N) is 1. The van der Waals surface area contributed by atoms with E-state index in [0.29, 0.717) is 0 Å². The third-order valence-electron chi connectivity index (χ3n) is 2.14. The molecule has 3 N–H and O–H groups in total. The van der Waals surface area contributed by atoms with Gasteiger partial charge in [-0.05, 0) is 37.6 Å². The van der Waals surface area contributed by atoms with Crippen LogP contribution in [-0.2, 0) is 0 Å². The van der Waals surface area contributed by atoms with Crippen molar-refractivity contribution in [2.45, 2.75) is 13.8 Å². The highest BCUT2D eigenvalue weighted by atomic mass is 14.7. The molecule has 0 saturated heterocycles. The predicted octanol–water partition coefficient (Wildman–Crippen LogP) is 2.37. The average molecular weight is 160 g/mol. The molecule has 0 unspecified atom stereocenters. The van der Waals surface area contributed by atoms with Crippen LogP contribution in [0.15, 0.2) is 18.2 Å². The first-order chi connectivity index (χ1) is 5.66. The monoisotopic (exact) mass is 160 g/mol. The third-order valence-corrected chi connectivity index (χ3v) is 2.14. The van der Waals surface area contributed by atoms with Crippen LogP contribution in [0.25, 0.3) is 10.9 Å². The molecule has 0 aliphatic carbocycles. The molecule has 0 spiro atoms. The number of aryl methyl sites for hydroxylation is 2. The van der Waals surface area contributed by atoms with Crippen LogP contribution in [-0.4, -0.2) is 4.98 Å². The number of hydrogen-bond donors (Lipinski definition) is 2. The number of nitrogens with two attached hydrogens (primary N) is 1. The fourth-order valence-electron chi connectivity index (χ4n) is 1.45. The molecule has 1 heterocycles. The van der Waals surface area contributed by atoms with Crippen molar-refractivity contribution in [3.05, 3.63) is 29.5 Å². The lowest BCUT2D eigenvalue weighted by atomic mass is 10.1. The van der Waals surface area contributed by atoms with Crippen LogP contribution in [0.3, 0.4) is 0 Å². The fraction of sp³-hybridized carbons (Fsp3) is 0.200. The SMILES string of the molecule is Cc1cc2cc(N)c(C)cc2[nH]1. The van der Waals surface area contributed by atoms with Crippen molar-refractivity contribution < 1.29 is 0 Å². The van der Waals surface area contributed by atoms with Crippen molar-refractivity contribution in [1.29, 1.82) is 0 Å². The van der Waals surface area contributed by atoms with Gasteiger partial charge in [0.2, 0.25) is 0 Å². The van der Waals surface area contributed by atoms with E-state index in [1.807, 2.05) is 19.9 Å². The van der Waals surface area contributed by atoms with Crippen molar-refractivity contribution in [2.75, 3.05) is 5.73 Å². The summed E-state index contributed by atoms with van der Waals surface area (Å²) < 4.78 is 0. The first kappa shape index (κ1) is 7.22. The van der Waals surface area contributed by atoms with Gasteiger partial charge in [-0.1, -0.05) is 0 Å². The van der Waals surface area contributed by atoms with Gasteiger partial charge in [0.15, 0.2) is 0 Å². The zero-order valence-corrected chi connectivity index (χ0v) is 7.31. The zero-order valence-electron chi connectivity index (χ0n) is 7.31. The molecule has 1 aromatic heterocycles. The Morgan fingerprint density at radius 2 is 1.92 bits per heavy atom. The first-order valence-corrected chi connectivity index (χ1v) is 4.02. The number of nitrogen functional groups attached to an aromatic ring is 1. The highest BCUT2D eigenvalue weighted by Gasteiger charge is 1.99. The number of H-pyrrole nitrogens is 1. The third kappa shape index (κ3) is 0.961. The van der Waals surface area contributed by atoms with Crippen molar-refractivity contribution >= 4 is 16.6 Å². The Kier molecular flexibility index (Phi) is 1.37. The minimum atomic E-state index is 0.863. The van der Waals surface area contributed by atoms with Gasteiger partial charge in [0.1, 0.15) is 0 Å². The number of hydrogen-bond acceptors (Lipinski definition) is 1. The second-order valence-corrected chi connectivity index (χ2v) is 3.25. The summed E-state index contributed by atoms with van der Waals surface area (Å²) >= 11 is 0. The summed E-state index contributed by atoms with van der Waals surface area (Å²) in [6.07, 6.45) is 0. The van der Waals surface area contributed by atoms with Crippen LogP contribution >= 0.6 is 0 Å². The van der Waals surface area contributed by atoms with Crippen molar-refractivity contribution in [1.82, 2.24) is 4.98 Å². The lowest BCUT2D eigenvalue weighted by molar-refractivity contribution is 1.30. The molecule has 2 rings (SSSR count). The van der Waals surface area contributed by atoms with E-state index in [0.717, 1.165) is 11.3 Å². The number of anilines is 1. The topological polar surface area (TPSA) is 41.8 Å². The van der Waals surface area contributed by atoms with Crippen LogP contribution in [0.4, 0.5) is 5.69 Å². The van der Waals surface area contributed by atoms with E-state index in [-0.39, 0.29) is 0 Å². The second kappa shape index (κ2) is 2.27. The van der Waals surface area contributed by atoms with Gasteiger partial charge in [0.05, 0.1) is 0 Å². The molecule has 2 heteroatoms. The maximum Gasteiger partial charge on any atom is 0.0460 e. The first-order valence-electron chi connectivity index (χ1n) is 4.02. The van der Waals surface area contributed by atoms with Gasteiger partial charge >= 0.3 is 0 Å². The molecule has 0 amide bonds. The van der Waals surface area contributed by atoms with E-state index in [2.05, 4.69) is 17.1 Å². The fourth-order valence-corrected chi connectivity index (χ4v) is 1.45. The van der Waals surface area contributed by atoms with Crippen LogP contribution in [0.1, 0.15) is 11.3 Å². The summed E-state index contributed by atoms with van der Waals surface area (Å²) in [5.74, 6) is 0. The maximum absolute atomic E-state index is 5.78. The lowest BCUT2D eigenvalue weighted by Crippen LogP contribution is -1.87. The number of fused-ring (bicyclic) bond motifs is 1. The Morgan fingerprint density at radius 1 is 1.17 bits per heavy atom. The van der Waals surface area contributed by atoms with E-state index in [1.54, 1.807) is 0 Å². The van der Waals surface area contributed by atoms with E-state index in [9.17, 15) is 0 Å². The Bertz CT molecular complexity index is 388. The van der Waals surface area contributed by atoms with Gasteiger partial charge in [-0.15, -0.1) is 0 Å². The Labute approximate surface area is 71.4 Å². The normalized spacial score (nSPS) is 10.8. The molecule has 0 atom stereocenters. The molecule has 0 aliphatic heterocycles. The largest absolute Gasteiger partial charge is 0.398 e.